The van der Waals surface area contributed by atoms with Gasteiger partial charge in [0.05, 0.1) is 9.80 Å². The average Bonchev–Trinajstić information content (AvgIpc) is 2.35. The second kappa shape index (κ2) is 4.30. The van der Waals surface area contributed by atoms with Gasteiger partial charge < -0.3 is 5.73 Å². The van der Waals surface area contributed by atoms with Crippen LogP contribution in [-0.2, 0) is 0 Å². The summed E-state index contributed by atoms with van der Waals surface area (Å²) >= 11 is 1.78. The molecular formula is C14H16N3S+. The van der Waals surface area contributed by atoms with Crippen molar-refractivity contribution in [3.8, 4) is 0 Å². The third-order valence-corrected chi connectivity index (χ3v) is 4.27. The fraction of sp³-hybridized carbons (Fsp3) is 0.214. The molecule has 3 N–H and O–H groups in total. The Morgan fingerprint density at radius 3 is 2.94 bits per heavy atom. The van der Waals surface area contributed by atoms with Gasteiger partial charge in [0.25, 0.3) is 0 Å². The van der Waals surface area contributed by atoms with Crippen LogP contribution in [0.25, 0.3) is 0 Å². The van der Waals surface area contributed by atoms with E-state index >= 15 is 0 Å². The van der Waals surface area contributed by atoms with Gasteiger partial charge in [0.1, 0.15) is 0 Å². The van der Waals surface area contributed by atoms with Crippen molar-refractivity contribution in [3.63, 3.8) is 0 Å². The Labute approximate surface area is 111 Å². The molecular weight excluding hydrogens is 242 g/mol. The number of nitrogens with one attached hydrogen (secondary N) is 1. The highest BCUT2D eigenvalue weighted by atomic mass is 32.2. The molecule has 0 saturated carbocycles. The number of nitrogen functional groups attached to an aromatic ring is 1. The Kier molecular flexibility index (Phi) is 2.76. The zero-order valence-electron chi connectivity index (χ0n) is 10.5. The highest BCUT2D eigenvalue weighted by Crippen LogP contribution is 2.36. The molecule has 1 aliphatic heterocycles. The largest absolute Gasteiger partial charge is 0.399 e. The van der Waals surface area contributed by atoms with Crippen LogP contribution in [0.5, 0.6) is 0 Å². The third kappa shape index (κ3) is 1.98. The lowest BCUT2D eigenvalue weighted by atomic mass is 10.1. The highest BCUT2D eigenvalue weighted by molar-refractivity contribution is 8.04. The summed E-state index contributed by atoms with van der Waals surface area (Å²) in [4.78, 5) is 8.11. The van der Waals surface area contributed by atoms with Crippen molar-refractivity contribution in [2.75, 3.05) is 19.8 Å². The molecule has 0 saturated heterocycles. The van der Waals surface area contributed by atoms with E-state index in [9.17, 15) is 0 Å². The van der Waals surface area contributed by atoms with Gasteiger partial charge in [-0.15, -0.1) is 0 Å². The second-order valence-corrected chi connectivity index (χ2v) is 5.82. The third-order valence-electron chi connectivity index (χ3n) is 3.14. The molecule has 0 bridgehead atoms. The lowest BCUT2D eigenvalue weighted by molar-refractivity contribution is -0.355. The molecule has 0 spiro atoms. The van der Waals surface area contributed by atoms with Crippen molar-refractivity contribution < 1.29 is 4.99 Å². The van der Waals surface area contributed by atoms with Crippen LogP contribution in [0.3, 0.4) is 0 Å². The van der Waals surface area contributed by atoms with E-state index in [1.54, 1.807) is 11.8 Å². The molecule has 1 heterocycles. The molecule has 18 heavy (non-hydrogen) atoms. The number of fused-ring (bicyclic) bond motifs is 2. The summed E-state index contributed by atoms with van der Waals surface area (Å²) < 4.78 is 0. The first-order chi connectivity index (χ1) is 8.63. The maximum absolute atomic E-state index is 5.84. The number of likely N-dealkylation sites (N-methyl/N-ethyl adjacent to an activating group) is 1. The Morgan fingerprint density at radius 2 is 2.17 bits per heavy atom. The van der Waals surface area contributed by atoms with Crippen molar-refractivity contribution >= 4 is 28.8 Å². The average molecular weight is 258 g/mol. The molecule has 3 nitrogen and oxygen atoms in total. The monoisotopic (exact) mass is 258 g/mol. The Morgan fingerprint density at radius 1 is 1.33 bits per heavy atom. The molecule has 4 heteroatoms. The van der Waals surface area contributed by atoms with Crippen molar-refractivity contribution in [1.29, 1.82) is 0 Å². The molecule has 0 aromatic heterocycles. The lowest BCUT2D eigenvalue weighted by Gasteiger charge is -2.22. The molecule has 2 aliphatic rings. The standard InChI is InChI=1S/C14H15N3S/c1-17(2)10-4-6-12-14(8-10)18-13-7-9(15)3-5-11(13)16-12/h3-8,10H,15H2,1-2H3/p+1. The first-order valence-corrected chi connectivity index (χ1v) is 6.73. The molecule has 1 unspecified atom stereocenters. The van der Waals surface area contributed by atoms with Crippen LogP contribution in [0.2, 0.25) is 0 Å². The van der Waals surface area contributed by atoms with Gasteiger partial charge in [-0.1, -0.05) is 17.8 Å². The maximum atomic E-state index is 5.84. The maximum Gasteiger partial charge on any atom is 0.218 e. The second-order valence-electron chi connectivity index (χ2n) is 4.74. The summed E-state index contributed by atoms with van der Waals surface area (Å²) in [6, 6.07) is 6.35. The summed E-state index contributed by atoms with van der Waals surface area (Å²) in [7, 11) is 4.17. The molecule has 0 radical (unpaired) electrons. The van der Waals surface area contributed by atoms with Crippen LogP contribution in [0.1, 0.15) is 0 Å². The van der Waals surface area contributed by atoms with Gasteiger partial charge in [0, 0.05) is 23.9 Å². The Bertz CT molecular complexity index is 585. The quantitative estimate of drug-likeness (QED) is 0.736. The summed E-state index contributed by atoms with van der Waals surface area (Å²) in [5.74, 6) is 0. The van der Waals surface area contributed by atoms with Gasteiger partial charge in [-0.05, 0) is 32.3 Å². The minimum atomic E-state index is 0.362. The minimum absolute atomic E-state index is 0.362. The summed E-state index contributed by atoms with van der Waals surface area (Å²) in [6.07, 6.45) is 6.64. The van der Waals surface area contributed by atoms with Gasteiger partial charge >= 0.3 is 0 Å². The van der Waals surface area contributed by atoms with Crippen LogP contribution in [0.15, 0.2) is 46.2 Å². The highest BCUT2D eigenvalue weighted by Gasteiger charge is 2.26. The number of hydrogen-bond acceptors (Lipinski definition) is 3. The van der Waals surface area contributed by atoms with Crippen molar-refractivity contribution in [2.45, 2.75) is 10.9 Å². The van der Waals surface area contributed by atoms with Gasteiger partial charge in [-0.2, -0.15) is 0 Å². The minimum Gasteiger partial charge on any atom is -0.399 e. The van der Waals surface area contributed by atoms with E-state index < -0.39 is 0 Å². The van der Waals surface area contributed by atoms with Crippen LogP contribution in [0, 0.1) is 0 Å². The predicted octanol–water partition coefficient (Wildman–Crippen LogP) is 0.912. The fourth-order valence-corrected chi connectivity index (χ4v) is 3.18. The number of nitrogens with zero attached hydrogens (tertiary/aromatic N) is 1. The molecule has 3 rings (SSSR count). The van der Waals surface area contributed by atoms with Crippen molar-refractivity contribution in [3.05, 3.63) is 41.3 Å². The molecule has 92 valence electrons. The van der Waals surface area contributed by atoms with Crippen molar-refractivity contribution in [2.24, 2.45) is 0 Å². The normalized spacial score (nSPS) is 21.2. The molecule has 1 aliphatic carbocycles. The van der Waals surface area contributed by atoms with Gasteiger partial charge in [-0.25, -0.2) is 4.99 Å². The summed E-state index contributed by atoms with van der Waals surface area (Å²) in [6.45, 7) is 0. The number of rotatable bonds is 1. The van der Waals surface area contributed by atoms with Crippen LogP contribution in [0.4, 0.5) is 11.4 Å². The zero-order chi connectivity index (χ0) is 12.7. The number of hydrogen-bond donors (Lipinski definition) is 2. The molecule has 0 fully saturated rings. The van der Waals surface area contributed by atoms with Crippen LogP contribution < -0.4 is 10.7 Å². The van der Waals surface area contributed by atoms with E-state index in [2.05, 4.69) is 42.2 Å². The Hall–Kier alpha value is -1.52. The van der Waals surface area contributed by atoms with E-state index in [0.717, 1.165) is 11.4 Å². The first-order valence-electron chi connectivity index (χ1n) is 5.91. The van der Waals surface area contributed by atoms with Crippen LogP contribution in [-0.4, -0.2) is 30.7 Å². The SMILES string of the molecule is CN(C)C1C=CC2=[NH+]c3ccc(N)cc3SC2=C1. The van der Waals surface area contributed by atoms with E-state index in [0.29, 0.717) is 6.04 Å². The molecule has 0 amide bonds. The molecule has 1 aromatic rings. The van der Waals surface area contributed by atoms with Crippen molar-refractivity contribution in [1.82, 2.24) is 4.90 Å². The van der Waals surface area contributed by atoms with E-state index in [1.165, 1.54) is 15.5 Å². The number of nitrogens with two attached hydrogens (primary N) is 1. The van der Waals surface area contributed by atoms with E-state index in [1.807, 2.05) is 18.2 Å². The lowest BCUT2D eigenvalue weighted by Crippen LogP contribution is -2.68. The fourth-order valence-electron chi connectivity index (χ4n) is 2.08. The number of thioether (sulfide) groups is 1. The number of benzene rings is 1. The first kappa shape index (κ1) is 11.6. The number of anilines is 1. The molecule has 1 aromatic carbocycles. The van der Waals surface area contributed by atoms with Gasteiger partial charge in [0.2, 0.25) is 11.4 Å². The summed E-state index contributed by atoms with van der Waals surface area (Å²) in [5.41, 5.74) is 8.95. The Balaban J connectivity index is 2.02. The smallest absolute Gasteiger partial charge is 0.218 e. The van der Waals surface area contributed by atoms with E-state index in [4.69, 9.17) is 5.73 Å². The van der Waals surface area contributed by atoms with Gasteiger partial charge in [-0.3, -0.25) is 4.90 Å². The van der Waals surface area contributed by atoms with Crippen LogP contribution >= 0.6 is 11.8 Å². The predicted molar refractivity (Wildman–Crippen MR) is 77.0 cm³/mol. The van der Waals surface area contributed by atoms with E-state index in [-0.39, 0.29) is 0 Å². The zero-order valence-corrected chi connectivity index (χ0v) is 11.3. The summed E-state index contributed by atoms with van der Waals surface area (Å²) in [5, 5.41) is 0. The number of allylic oxidation sites excluding steroid dienone is 2. The topological polar surface area (TPSA) is 43.2 Å². The molecule has 1 atom stereocenters. The van der Waals surface area contributed by atoms with Gasteiger partial charge in [0.15, 0.2) is 0 Å².